The van der Waals surface area contributed by atoms with Crippen LogP contribution in [0, 0.1) is 6.92 Å². The average Bonchev–Trinajstić information content (AvgIpc) is 3.20. The highest BCUT2D eigenvalue weighted by Crippen LogP contribution is 2.36. The van der Waals surface area contributed by atoms with Gasteiger partial charge in [-0.15, -0.1) is 11.3 Å². The Morgan fingerprint density at radius 2 is 1.88 bits per heavy atom. The third-order valence-corrected chi connectivity index (χ3v) is 5.14. The summed E-state index contributed by atoms with van der Waals surface area (Å²) in [6.45, 7) is 1.89. The molecule has 0 unspecified atom stereocenters. The molecule has 5 nitrogen and oxygen atoms in total. The van der Waals surface area contributed by atoms with Crippen LogP contribution in [0.5, 0.6) is 0 Å². The van der Waals surface area contributed by atoms with Crippen molar-refractivity contribution in [2.75, 3.05) is 4.90 Å². The lowest BCUT2D eigenvalue weighted by molar-refractivity contribution is -0.119. The van der Waals surface area contributed by atoms with Gasteiger partial charge in [-0.05, 0) is 25.1 Å². The van der Waals surface area contributed by atoms with Gasteiger partial charge in [0.25, 0.3) is 0 Å². The number of aromatic nitrogens is 1. The van der Waals surface area contributed by atoms with Gasteiger partial charge < -0.3 is 4.74 Å². The van der Waals surface area contributed by atoms with E-state index in [1.54, 1.807) is 17.0 Å². The molecular weight excluding hydrogens is 348 g/mol. The Bertz CT molecular complexity index is 968. The molecule has 1 amide bonds. The predicted molar refractivity (Wildman–Crippen MR) is 99.7 cm³/mol. The van der Waals surface area contributed by atoms with Gasteiger partial charge >= 0.3 is 5.97 Å². The number of thiazole rings is 1. The monoisotopic (exact) mass is 364 g/mol. The van der Waals surface area contributed by atoms with Crippen LogP contribution in [0.1, 0.15) is 34.1 Å². The standard InChI is InChI=1S/C20H16N2O3S/c1-13-12-26-20(21-13)22(14-7-3-2-4-8-14)18(23)11-17-15-9-5-6-10-16(15)19(24)25-17/h2-10,12,17H,11H2,1H3/t17-/m1/s1. The first-order chi connectivity index (χ1) is 12.6. The van der Waals surface area contributed by atoms with Gasteiger partial charge in [-0.1, -0.05) is 36.4 Å². The molecule has 1 aliphatic rings. The molecule has 0 radical (unpaired) electrons. The van der Waals surface area contributed by atoms with Crippen LogP contribution >= 0.6 is 11.3 Å². The largest absolute Gasteiger partial charge is 0.453 e. The number of para-hydroxylation sites is 1. The lowest BCUT2D eigenvalue weighted by Crippen LogP contribution is -2.27. The normalized spacial score (nSPS) is 15.4. The van der Waals surface area contributed by atoms with Crippen molar-refractivity contribution in [3.8, 4) is 0 Å². The first-order valence-corrected chi connectivity index (χ1v) is 9.11. The highest BCUT2D eigenvalue weighted by molar-refractivity contribution is 7.14. The molecule has 0 spiro atoms. The van der Waals surface area contributed by atoms with Crippen LogP contribution in [-0.4, -0.2) is 16.9 Å². The minimum absolute atomic E-state index is 0.0657. The van der Waals surface area contributed by atoms with Gasteiger partial charge in [-0.25, -0.2) is 9.78 Å². The number of ether oxygens (including phenoxy) is 1. The van der Waals surface area contributed by atoms with Crippen LogP contribution < -0.4 is 4.90 Å². The number of anilines is 2. The Morgan fingerprint density at radius 3 is 2.62 bits per heavy atom. The minimum atomic E-state index is -0.571. The van der Waals surface area contributed by atoms with E-state index in [1.165, 1.54) is 11.3 Å². The van der Waals surface area contributed by atoms with E-state index in [0.29, 0.717) is 10.7 Å². The molecule has 0 bridgehead atoms. The zero-order valence-electron chi connectivity index (χ0n) is 14.1. The maximum atomic E-state index is 13.1. The highest BCUT2D eigenvalue weighted by Gasteiger charge is 2.34. The summed E-state index contributed by atoms with van der Waals surface area (Å²) in [5.74, 6) is -0.546. The van der Waals surface area contributed by atoms with Crippen LogP contribution in [0.2, 0.25) is 0 Å². The third-order valence-electron chi connectivity index (χ3n) is 4.20. The van der Waals surface area contributed by atoms with Gasteiger partial charge in [-0.2, -0.15) is 0 Å². The smallest absolute Gasteiger partial charge is 0.339 e. The molecule has 1 atom stereocenters. The fraction of sp³-hybridized carbons (Fsp3) is 0.150. The van der Waals surface area contributed by atoms with Gasteiger partial charge in [0.15, 0.2) is 5.13 Å². The third kappa shape index (κ3) is 2.99. The summed E-state index contributed by atoms with van der Waals surface area (Å²) in [6.07, 6.45) is -0.505. The van der Waals surface area contributed by atoms with Crippen molar-refractivity contribution in [1.82, 2.24) is 4.98 Å². The number of rotatable bonds is 4. The highest BCUT2D eigenvalue weighted by atomic mass is 32.1. The van der Waals surface area contributed by atoms with E-state index >= 15 is 0 Å². The van der Waals surface area contributed by atoms with Crippen molar-refractivity contribution in [2.45, 2.75) is 19.4 Å². The summed E-state index contributed by atoms with van der Waals surface area (Å²) >= 11 is 1.41. The van der Waals surface area contributed by atoms with Crippen molar-refractivity contribution in [1.29, 1.82) is 0 Å². The molecule has 2 heterocycles. The Balaban J connectivity index is 1.65. The van der Waals surface area contributed by atoms with Crippen LogP contribution in [0.15, 0.2) is 60.0 Å². The van der Waals surface area contributed by atoms with E-state index < -0.39 is 6.10 Å². The summed E-state index contributed by atoms with van der Waals surface area (Å²) in [5, 5.41) is 2.51. The van der Waals surface area contributed by atoms with Crippen molar-refractivity contribution in [3.63, 3.8) is 0 Å². The SMILES string of the molecule is Cc1csc(N(C(=O)C[C@H]2OC(=O)c3ccccc32)c2ccccc2)n1. The zero-order chi connectivity index (χ0) is 18.1. The minimum Gasteiger partial charge on any atom is -0.453 e. The lowest BCUT2D eigenvalue weighted by atomic mass is 10.0. The Labute approximate surface area is 154 Å². The Kier molecular flexibility index (Phi) is 4.26. The fourth-order valence-corrected chi connectivity index (χ4v) is 3.84. The number of hydrogen-bond donors (Lipinski definition) is 0. The van der Waals surface area contributed by atoms with E-state index in [9.17, 15) is 9.59 Å². The number of esters is 1. The number of aryl methyl sites for hydroxylation is 1. The molecule has 0 saturated carbocycles. The van der Waals surface area contributed by atoms with Gasteiger partial charge in [-0.3, -0.25) is 9.69 Å². The van der Waals surface area contributed by atoms with Gasteiger partial charge in [0.05, 0.1) is 23.4 Å². The van der Waals surface area contributed by atoms with E-state index in [2.05, 4.69) is 4.98 Å². The molecule has 0 aliphatic carbocycles. The molecule has 3 aromatic rings. The molecule has 4 rings (SSSR count). The summed E-state index contributed by atoms with van der Waals surface area (Å²) in [5.41, 5.74) is 2.89. The predicted octanol–water partition coefficient (Wildman–Crippen LogP) is 4.42. The summed E-state index contributed by atoms with van der Waals surface area (Å²) in [4.78, 5) is 31.2. The molecule has 0 N–H and O–H groups in total. The quantitative estimate of drug-likeness (QED) is 0.643. The Hall–Kier alpha value is -2.99. The molecule has 130 valence electrons. The van der Waals surface area contributed by atoms with E-state index in [4.69, 9.17) is 4.74 Å². The maximum Gasteiger partial charge on any atom is 0.339 e. The van der Waals surface area contributed by atoms with Crippen LogP contribution in [-0.2, 0) is 9.53 Å². The fourth-order valence-electron chi connectivity index (χ4n) is 3.00. The molecule has 2 aromatic carbocycles. The molecular formula is C20H16N2O3S. The Morgan fingerprint density at radius 1 is 1.15 bits per heavy atom. The number of cyclic esters (lactones) is 1. The van der Waals surface area contributed by atoms with E-state index in [-0.39, 0.29) is 18.3 Å². The second kappa shape index (κ2) is 6.72. The van der Waals surface area contributed by atoms with Crippen LogP contribution in [0.4, 0.5) is 10.8 Å². The van der Waals surface area contributed by atoms with Crippen molar-refractivity contribution < 1.29 is 14.3 Å². The van der Waals surface area contributed by atoms with Gasteiger partial charge in [0.2, 0.25) is 5.91 Å². The number of carbonyl (C=O) groups excluding carboxylic acids is 2. The molecule has 6 heteroatoms. The second-order valence-electron chi connectivity index (χ2n) is 6.02. The maximum absolute atomic E-state index is 13.1. The molecule has 0 fully saturated rings. The van der Waals surface area contributed by atoms with E-state index in [1.807, 2.05) is 54.8 Å². The average molecular weight is 364 g/mol. The van der Waals surface area contributed by atoms with Gasteiger partial charge in [0, 0.05) is 10.9 Å². The molecule has 1 aromatic heterocycles. The molecule has 1 aliphatic heterocycles. The second-order valence-corrected chi connectivity index (χ2v) is 6.86. The number of fused-ring (bicyclic) bond motifs is 1. The first-order valence-electron chi connectivity index (χ1n) is 8.23. The number of amides is 1. The van der Waals surface area contributed by atoms with Crippen LogP contribution in [0.25, 0.3) is 0 Å². The number of carbonyl (C=O) groups is 2. The zero-order valence-corrected chi connectivity index (χ0v) is 14.9. The summed E-state index contributed by atoms with van der Waals surface area (Å²) in [6, 6.07) is 16.6. The van der Waals surface area contributed by atoms with E-state index in [0.717, 1.165) is 16.9 Å². The first kappa shape index (κ1) is 16.5. The number of nitrogens with zero attached hydrogens (tertiary/aromatic N) is 2. The van der Waals surface area contributed by atoms with Crippen molar-refractivity contribution >= 4 is 34.0 Å². The molecule has 0 saturated heterocycles. The van der Waals surface area contributed by atoms with Gasteiger partial charge in [0.1, 0.15) is 6.10 Å². The topological polar surface area (TPSA) is 59.5 Å². The molecule has 26 heavy (non-hydrogen) atoms. The lowest BCUT2D eigenvalue weighted by Gasteiger charge is -2.21. The van der Waals surface area contributed by atoms with Crippen molar-refractivity contribution in [2.24, 2.45) is 0 Å². The number of hydrogen-bond acceptors (Lipinski definition) is 5. The van der Waals surface area contributed by atoms with Crippen LogP contribution in [0.3, 0.4) is 0 Å². The number of benzene rings is 2. The van der Waals surface area contributed by atoms with Crippen molar-refractivity contribution in [3.05, 3.63) is 76.8 Å². The summed E-state index contributed by atoms with van der Waals surface area (Å²) < 4.78 is 5.43. The summed E-state index contributed by atoms with van der Waals surface area (Å²) in [7, 11) is 0.